The highest BCUT2D eigenvalue weighted by Crippen LogP contribution is 2.47. The van der Waals surface area contributed by atoms with E-state index in [-0.39, 0.29) is 12.2 Å². The molecule has 8 nitrogen and oxygen atoms in total. The molecule has 10 heteroatoms. The number of pyridine rings is 1. The minimum atomic E-state index is -0.0421. The second-order valence-corrected chi connectivity index (χ2v) is 10.3. The summed E-state index contributed by atoms with van der Waals surface area (Å²) in [5, 5.41) is 4.79. The molecule has 3 aromatic heterocycles. The minimum Gasteiger partial charge on any atom is -0.495 e. The van der Waals surface area contributed by atoms with Gasteiger partial charge in [-0.1, -0.05) is 35.8 Å². The number of nitrogens with one attached hydrogen (secondary N) is 1. The van der Waals surface area contributed by atoms with E-state index in [1.54, 1.807) is 18.5 Å². The molecule has 202 valence electrons. The Labute approximate surface area is 240 Å². The van der Waals surface area contributed by atoms with Crippen LogP contribution in [0.25, 0.3) is 27.8 Å². The number of fused-ring (bicyclic) bond motifs is 4. The Kier molecular flexibility index (Phi) is 6.82. The number of carbonyl (C=O) groups is 1. The summed E-state index contributed by atoms with van der Waals surface area (Å²) in [4.78, 5) is 26.2. The summed E-state index contributed by atoms with van der Waals surface area (Å²) < 4.78 is 12.8. The fraction of sp³-hybridized carbons (Fsp3) is 0.200. The third kappa shape index (κ3) is 4.43. The van der Waals surface area contributed by atoms with Crippen molar-refractivity contribution >= 4 is 57.3 Å². The number of ketones is 1. The first-order chi connectivity index (χ1) is 19.4. The molecule has 3 heterocycles. The van der Waals surface area contributed by atoms with Gasteiger partial charge in [0.1, 0.15) is 17.1 Å². The van der Waals surface area contributed by atoms with Crippen molar-refractivity contribution < 1.29 is 14.3 Å². The normalized spacial score (nSPS) is 12.5. The van der Waals surface area contributed by atoms with Crippen molar-refractivity contribution in [1.82, 2.24) is 19.4 Å². The van der Waals surface area contributed by atoms with E-state index in [1.165, 1.54) is 31.4 Å². The summed E-state index contributed by atoms with van der Waals surface area (Å²) in [6.07, 6.45) is 9.99. The van der Waals surface area contributed by atoms with Gasteiger partial charge in [-0.25, -0.2) is 9.97 Å². The summed E-state index contributed by atoms with van der Waals surface area (Å²) >= 11 is 13.5. The van der Waals surface area contributed by atoms with Crippen LogP contribution in [0.3, 0.4) is 0 Å². The van der Waals surface area contributed by atoms with Crippen LogP contribution >= 0.6 is 23.2 Å². The largest absolute Gasteiger partial charge is 0.495 e. The summed E-state index contributed by atoms with van der Waals surface area (Å²) in [5.41, 5.74) is 6.74. The van der Waals surface area contributed by atoms with Crippen molar-refractivity contribution in [2.75, 3.05) is 19.5 Å². The van der Waals surface area contributed by atoms with Crippen LogP contribution in [0, 0.1) is 0 Å². The number of allylic oxidation sites excluding steroid dienone is 1. The molecule has 0 saturated carbocycles. The Bertz CT molecular complexity index is 1800. The predicted octanol–water partition coefficient (Wildman–Crippen LogP) is 6.80. The summed E-state index contributed by atoms with van der Waals surface area (Å²) in [5.74, 6) is 1.22. The van der Waals surface area contributed by atoms with Gasteiger partial charge in [-0.05, 0) is 54.2 Å². The maximum Gasteiger partial charge on any atom is 0.229 e. The number of nitrogens with zero attached hydrogens (tertiary/aromatic N) is 4. The predicted molar refractivity (Wildman–Crippen MR) is 158 cm³/mol. The number of hydrogen-bond acceptors (Lipinski definition) is 7. The highest BCUT2D eigenvalue weighted by atomic mass is 35.5. The molecule has 0 amide bonds. The highest BCUT2D eigenvalue weighted by molar-refractivity contribution is 6.41. The van der Waals surface area contributed by atoms with E-state index in [2.05, 4.69) is 34.0 Å². The standard InChI is InChI=1S/C30H25Cl2N5O3/c1-4-20(38)11-18-10-16-6-5-7-17(16)13-22(18)35-30-34-15-19-12-21(29-33-8-9-37(29)28(19)36-30)25-26(31)23(39-2)14-24(40-3)27(25)32/h4,8-10,12-15H,1,5-7,11H2,2-3H3,(H,34,35,36). The van der Waals surface area contributed by atoms with E-state index in [1.807, 2.05) is 16.7 Å². The molecule has 2 aromatic carbocycles. The molecular formula is C30H25Cl2N5O3. The third-order valence-electron chi connectivity index (χ3n) is 7.21. The van der Waals surface area contributed by atoms with E-state index >= 15 is 0 Å². The van der Waals surface area contributed by atoms with Gasteiger partial charge >= 0.3 is 0 Å². The first-order valence-corrected chi connectivity index (χ1v) is 13.5. The Hall–Kier alpha value is -4.14. The first-order valence-electron chi connectivity index (χ1n) is 12.7. The highest BCUT2D eigenvalue weighted by Gasteiger charge is 2.23. The molecule has 1 N–H and O–H groups in total. The SMILES string of the molecule is C=CC(=O)Cc1cc2c(cc1Nc1ncc3cc(-c4c(Cl)c(OC)cc(OC)c4Cl)c4nccn4c3n1)CCC2. The molecule has 6 rings (SSSR count). The molecule has 0 atom stereocenters. The monoisotopic (exact) mass is 573 g/mol. The summed E-state index contributed by atoms with van der Waals surface area (Å²) in [7, 11) is 3.07. The average Bonchev–Trinajstić information content (AvgIpc) is 3.63. The van der Waals surface area contributed by atoms with E-state index in [9.17, 15) is 4.79 Å². The molecular weight excluding hydrogens is 549 g/mol. The molecule has 1 aliphatic carbocycles. The van der Waals surface area contributed by atoms with Crippen LogP contribution in [-0.4, -0.2) is 39.4 Å². The van der Waals surface area contributed by atoms with Crippen molar-refractivity contribution in [1.29, 1.82) is 0 Å². The smallest absolute Gasteiger partial charge is 0.229 e. The first kappa shape index (κ1) is 26.1. The maximum absolute atomic E-state index is 12.2. The Balaban J connectivity index is 1.47. The van der Waals surface area contributed by atoms with Gasteiger partial charge < -0.3 is 14.8 Å². The third-order valence-corrected chi connectivity index (χ3v) is 7.96. The summed E-state index contributed by atoms with van der Waals surface area (Å²) in [6.45, 7) is 3.63. The minimum absolute atomic E-state index is 0.0421. The number of ether oxygens (including phenoxy) is 2. The molecule has 0 bridgehead atoms. The van der Waals surface area contributed by atoms with Crippen LogP contribution in [0.5, 0.6) is 11.5 Å². The molecule has 0 unspecified atom stereocenters. The van der Waals surface area contributed by atoms with E-state index in [0.29, 0.717) is 49.9 Å². The van der Waals surface area contributed by atoms with Gasteiger partial charge in [0.2, 0.25) is 5.95 Å². The number of imidazole rings is 1. The number of aryl methyl sites for hydroxylation is 2. The van der Waals surface area contributed by atoms with E-state index in [4.69, 9.17) is 37.7 Å². The average molecular weight is 574 g/mol. The Morgan fingerprint density at radius 3 is 2.48 bits per heavy atom. The second kappa shape index (κ2) is 10.4. The molecule has 0 fully saturated rings. The van der Waals surface area contributed by atoms with Crippen LogP contribution in [0.4, 0.5) is 11.6 Å². The van der Waals surface area contributed by atoms with Gasteiger partial charge in [-0.3, -0.25) is 9.20 Å². The molecule has 0 aliphatic heterocycles. The van der Waals surface area contributed by atoms with Gasteiger partial charge in [0.25, 0.3) is 0 Å². The topological polar surface area (TPSA) is 90.6 Å². The van der Waals surface area contributed by atoms with Gasteiger partial charge in [0.15, 0.2) is 11.4 Å². The number of halogens is 2. The number of methoxy groups -OCH3 is 2. The lowest BCUT2D eigenvalue weighted by molar-refractivity contribution is -0.114. The van der Waals surface area contributed by atoms with Crippen molar-refractivity contribution in [2.24, 2.45) is 0 Å². The lowest BCUT2D eigenvalue weighted by Crippen LogP contribution is -2.06. The van der Waals surface area contributed by atoms with Crippen LogP contribution in [0.1, 0.15) is 23.1 Å². The quantitative estimate of drug-likeness (QED) is 0.204. The number of benzene rings is 2. The van der Waals surface area contributed by atoms with Gasteiger partial charge in [0, 0.05) is 53.3 Å². The van der Waals surface area contributed by atoms with Gasteiger partial charge in [-0.15, -0.1) is 0 Å². The number of hydrogen-bond donors (Lipinski definition) is 1. The molecule has 0 spiro atoms. The zero-order valence-corrected chi connectivity index (χ0v) is 23.4. The second-order valence-electron chi connectivity index (χ2n) is 9.54. The van der Waals surface area contributed by atoms with Crippen LogP contribution in [-0.2, 0) is 24.1 Å². The summed E-state index contributed by atoms with van der Waals surface area (Å²) in [6, 6.07) is 7.77. The van der Waals surface area contributed by atoms with Crippen LogP contribution < -0.4 is 14.8 Å². The number of aromatic nitrogens is 4. The Morgan fingerprint density at radius 2 is 1.77 bits per heavy atom. The molecule has 5 aromatic rings. The van der Waals surface area contributed by atoms with E-state index < -0.39 is 0 Å². The number of carbonyl (C=O) groups excluding carboxylic acids is 1. The fourth-order valence-corrected chi connectivity index (χ4v) is 5.96. The zero-order valence-electron chi connectivity index (χ0n) is 21.9. The lowest BCUT2D eigenvalue weighted by atomic mass is 10.00. The van der Waals surface area contributed by atoms with Gasteiger partial charge in [0.05, 0.1) is 24.3 Å². The molecule has 0 radical (unpaired) electrons. The van der Waals surface area contributed by atoms with Crippen molar-refractivity contribution in [3.8, 4) is 22.6 Å². The van der Waals surface area contributed by atoms with Crippen LogP contribution in [0.15, 0.2) is 55.5 Å². The number of anilines is 2. The molecule has 0 saturated heterocycles. The van der Waals surface area contributed by atoms with Crippen molar-refractivity contribution in [3.05, 3.63) is 82.2 Å². The fourth-order valence-electron chi connectivity index (χ4n) is 5.25. The lowest BCUT2D eigenvalue weighted by Gasteiger charge is -2.16. The van der Waals surface area contributed by atoms with Crippen molar-refractivity contribution in [2.45, 2.75) is 25.7 Å². The molecule has 40 heavy (non-hydrogen) atoms. The molecule has 1 aliphatic rings. The van der Waals surface area contributed by atoms with Crippen LogP contribution in [0.2, 0.25) is 10.0 Å². The van der Waals surface area contributed by atoms with Crippen molar-refractivity contribution in [3.63, 3.8) is 0 Å². The van der Waals surface area contributed by atoms with Gasteiger partial charge in [-0.2, -0.15) is 4.98 Å². The maximum atomic E-state index is 12.2. The zero-order chi connectivity index (χ0) is 28.0. The van der Waals surface area contributed by atoms with E-state index in [0.717, 1.165) is 35.9 Å². The number of rotatable bonds is 8. The Morgan fingerprint density at radius 1 is 1.05 bits per heavy atom.